The molecule has 0 aliphatic heterocycles. The van der Waals surface area contributed by atoms with E-state index in [1.165, 1.54) is 6.20 Å². The lowest BCUT2D eigenvalue weighted by Gasteiger charge is -2.13. The van der Waals surface area contributed by atoms with Crippen LogP contribution in [0.5, 0.6) is 0 Å². The molecule has 2 aromatic heterocycles. The zero-order valence-corrected chi connectivity index (χ0v) is 16.6. The van der Waals surface area contributed by atoms with Crippen molar-refractivity contribution in [2.45, 2.75) is 0 Å². The second kappa shape index (κ2) is 7.17. The van der Waals surface area contributed by atoms with Crippen LogP contribution in [0.15, 0.2) is 60.8 Å². The molecule has 0 unspecified atom stereocenters. The molecule has 0 atom stereocenters. The number of hydrogen-bond acceptors (Lipinski definition) is 2. The third-order valence-corrected chi connectivity index (χ3v) is 5.37. The fourth-order valence-electron chi connectivity index (χ4n) is 3.05. The largest absolute Gasteiger partial charge is 0.618 e. The Hall–Kier alpha value is -2.04. The maximum absolute atomic E-state index is 12.7. The number of hydrogen-bond donors (Lipinski definition) is 0. The SMILES string of the molecule is [O-][n+]1ccc2c(-c3ccccc3Cl)cc(Cl)nc2c1-c1c(Cl)cccc1Cl. The number of rotatable bonds is 2. The maximum Gasteiger partial charge on any atom is 0.253 e. The molecule has 3 nitrogen and oxygen atoms in total. The molecule has 0 spiro atoms. The second-order valence-corrected chi connectivity index (χ2v) is 7.43. The van der Waals surface area contributed by atoms with Gasteiger partial charge in [0, 0.05) is 22.0 Å². The van der Waals surface area contributed by atoms with Crippen LogP contribution in [0, 0.1) is 5.21 Å². The molecule has 0 saturated heterocycles. The van der Waals surface area contributed by atoms with Crippen molar-refractivity contribution in [1.29, 1.82) is 0 Å². The lowest BCUT2D eigenvalue weighted by atomic mass is 9.99. The minimum atomic E-state index is 0.230. The summed E-state index contributed by atoms with van der Waals surface area (Å²) in [6.45, 7) is 0. The average Bonchev–Trinajstić information content (AvgIpc) is 2.63. The van der Waals surface area contributed by atoms with E-state index in [1.54, 1.807) is 36.4 Å². The van der Waals surface area contributed by atoms with E-state index in [0.717, 1.165) is 11.1 Å². The van der Waals surface area contributed by atoms with E-state index in [1.807, 2.05) is 18.2 Å². The predicted molar refractivity (Wildman–Crippen MR) is 112 cm³/mol. The fraction of sp³-hybridized carbons (Fsp3) is 0. The highest BCUT2D eigenvalue weighted by molar-refractivity contribution is 6.39. The van der Waals surface area contributed by atoms with Crippen LogP contribution in [0.4, 0.5) is 0 Å². The normalized spacial score (nSPS) is 11.1. The van der Waals surface area contributed by atoms with Crippen LogP contribution in [0.1, 0.15) is 0 Å². The zero-order valence-electron chi connectivity index (χ0n) is 13.6. The van der Waals surface area contributed by atoms with Crippen molar-refractivity contribution in [3.05, 3.63) is 86.2 Å². The van der Waals surface area contributed by atoms with Gasteiger partial charge in [0.25, 0.3) is 5.69 Å². The van der Waals surface area contributed by atoms with E-state index in [0.29, 0.717) is 36.3 Å². The van der Waals surface area contributed by atoms with Gasteiger partial charge in [-0.05, 0) is 29.8 Å². The van der Waals surface area contributed by atoms with Gasteiger partial charge in [-0.2, -0.15) is 4.73 Å². The van der Waals surface area contributed by atoms with Gasteiger partial charge < -0.3 is 5.21 Å². The Morgan fingerprint density at radius 1 is 0.778 bits per heavy atom. The lowest BCUT2D eigenvalue weighted by molar-refractivity contribution is -0.592. The van der Waals surface area contributed by atoms with Gasteiger partial charge >= 0.3 is 0 Å². The van der Waals surface area contributed by atoms with E-state index in [-0.39, 0.29) is 10.8 Å². The van der Waals surface area contributed by atoms with Crippen molar-refractivity contribution < 1.29 is 4.73 Å². The molecule has 0 aliphatic carbocycles. The van der Waals surface area contributed by atoms with Crippen molar-refractivity contribution in [2.24, 2.45) is 0 Å². The second-order valence-electron chi connectivity index (χ2n) is 5.82. The average molecular weight is 436 g/mol. The highest BCUT2D eigenvalue weighted by Gasteiger charge is 2.24. The molecule has 2 heterocycles. The van der Waals surface area contributed by atoms with Gasteiger partial charge in [0.2, 0.25) is 0 Å². The third-order valence-electron chi connectivity index (χ3n) is 4.21. The van der Waals surface area contributed by atoms with Gasteiger partial charge in [-0.15, -0.1) is 0 Å². The first-order chi connectivity index (χ1) is 13.0. The van der Waals surface area contributed by atoms with Crippen molar-refractivity contribution >= 4 is 57.3 Å². The zero-order chi connectivity index (χ0) is 19.1. The van der Waals surface area contributed by atoms with Crippen molar-refractivity contribution in [1.82, 2.24) is 4.98 Å². The molecule has 0 radical (unpaired) electrons. The van der Waals surface area contributed by atoms with Crippen LogP contribution < -0.4 is 4.73 Å². The predicted octanol–water partition coefficient (Wildman–Crippen LogP) is 6.82. The molecular weight excluding hydrogens is 426 g/mol. The highest BCUT2D eigenvalue weighted by atomic mass is 35.5. The number of fused-ring (bicyclic) bond motifs is 1. The lowest BCUT2D eigenvalue weighted by Crippen LogP contribution is -2.29. The molecule has 0 amide bonds. The molecule has 0 N–H and O–H groups in total. The highest BCUT2D eigenvalue weighted by Crippen LogP contribution is 2.40. The maximum atomic E-state index is 12.7. The van der Waals surface area contributed by atoms with E-state index in [4.69, 9.17) is 46.4 Å². The summed E-state index contributed by atoms with van der Waals surface area (Å²) in [4.78, 5) is 4.40. The number of benzene rings is 2. The van der Waals surface area contributed by atoms with Gasteiger partial charge in [0.15, 0.2) is 6.20 Å². The molecule has 0 aliphatic rings. The van der Waals surface area contributed by atoms with Crippen molar-refractivity contribution in [2.75, 3.05) is 0 Å². The summed E-state index contributed by atoms with van der Waals surface area (Å²) in [5.74, 6) is 0. The summed E-state index contributed by atoms with van der Waals surface area (Å²) in [6, 6.07) is 15.8. The minimum Gasteiger partial charge on any atom is -0.618 e. The minimum absolute atomic E-state index is 0.230. The Morgan fingerprint density at radius 2 is 1.44 bits per heavy atom. The molecular formula is C20H10Cl4N2O. The summed E-state index contributed by atoms with van der Waals surface area (Å²) in [7, 11) is 0. The first kappa shape index (κ1) is 18.3. The summed E-state index contributed by atoms with van der Waals surface area (Å²) in [5, 5.41) is 14.9. The number of pyridine rings is 2. The van der Waals surface area contributed by atoms with Crippen molar-refractivity contribution in [3.63, 3.8) is 0 Å². The van der Waals surface area contributed by atoms with Gasteiger partial charge in [0.1, 0.15) is 10.7 Å². The van der Waals surface area contributed by atoms with Gasteiger partial charge in [0.05, 0.1) is 15.6 Å². The molecule has 27 heavy (non-hydrogen) atoms. The van der Waals surface area contributed by atoms with Crippen LogP contribution in [0.25, 0.3) is 33.3 Å². The molecule has 4 aromatic rings. The smallest absolute Gasteiger partial charge is 0.253 e. The molecule has 4 rings (SSSR count). The molecule has 0 fully saturated rings. The molecule has 0 bridgehead atoms. The van der Waals surface area contributed by atoms with E-state index >= 15 is 0 Å². The van der Waals surface area contributed by atoms with Crippen LogP contribution in [-0.2, 0) is 0 Å². The monoisotopic (exact) mass is 434 g/mol. The van der Waals surface area contributed by atoms with Gasteiger partial charge in [-0.25, -0.2) is 4.98 Å². The Balaban J connectivity index is 2.14. The standard InChI is InChI=1S/C20H10Cl4N2O/c21-14-5-2-1-4-11(14)13-10-17(24)25-19-12(13)8-9-26(27)20(19)18-15(22)6-3-7-16(18)23/h1-10H. The van der Waals surface area contributed by atoms with E-state index < -0.39 is 0 Å². The molecule has 2 aromatic carbocycles. The first-order valence-electron chi connectivity index (χ1n) is 7.89. The Bertz CT molecular complexity index is 1170. The molecule has 7 heteroatoms. The van der Waals surface area contributed by atoms with Crippen LogP contribution >= 0.6 is 46.4 Å². The quantitative estimate of drug-likeness (QED) is 0.197. The summed E-state index contributed by atoms with van der Waals surface area (Å²) < 4.78 is 0.690. The van der Waals surface area contributed by atoms with Gasteiger partial charge in [-0.3, -0.25) is 0 Å². The van der Waals surface area contributed by atoms with E-state index in [9.17, 15) is 5.21 Å². The Labute approximate surface area is 175 Å². The first-order valence-corrected chi connectivity index (χ1v) is 9.40. The number of halogens is 4. The third kappa shape index (κ3) is 3.21. The van der Waals surface area contributed by atoms with Crippen molar-refractivity contribution in [3.8, 4) is 22.4 Å². The topological polar surface area (TPSA) is 39.8 Å². The summed E-state index contributed by atoms with van der Waals surface area (Å²) in [5.41, 5.74) is 2.58. The molecule has 134 valence electrons. The van der Waals surface area contributed by atoms with E-state index in [2.05, 4.69) is 4.98 Å². The number of aromatic nitrogens is 2. The summed E-state index contributed by atoms with van der Waals surface area (Å²) >= 11 is 25.3. The number of nitrogens with zero attached hydrogens (tertiary/aromatic N) is 2. The van der Waals surface area contributed by atoms with Crippen LogP contribution in [0.3, 0.4) is 0 Å². The summed E-state index contributed by atoms with van der Waals surface area (Å²) in [6.07, 6.45) is 1.40. The Morgan fingerprint density at radius 3 is 2.15 bits per heavy atom. The van der Waals surface area contributed by atoms with Crippen LogP contribution in [-0.4, -0.2) is 4.98 Å². The van der Waals surface area contributed by atoms with Crippen LogP contribution in [0.2, 0.25) is 20.2 Å². The molecule has 0 saturated carbocycles. The van der Waals surface area contributed by atoms with Gasteiger partial charge in [-0.1, -0.05) is 70.7 Å². The fourth-order valence-corrected chi connectivity index (χ4v) is 4.06. The Kier molecular flexibility index (Phi) is 4.87.